The summed E-state index contributed by atoms with van der Waals surface area (Å²) < 4.78 is 1.93. The zero-order valence-corrected chi connectivity index (χ0v) is 13.1. The van der Waals surface area contributed by atoms with Crippen molar-refractivity contribution in [1.29, 1.82) is 0 Å². The van der Waals surface area contributed by atoms with E-state index < -0.39 is 0 Å². The zero-order valence-electron chi connectivity index (χ0n) is 12.3. The molecule has 0 aromatic carbocycles. The first-order valence-electron chi connectivity index (χ1n) is 7.35. The Hall–Kier alpha value is -1.20. The summed E-state index contributed by atoms with van der Waals surface area (Å²) in [6, 6.07) is 0.373. The Balaban J connectivity index is 2.13. The molecule has 0 saturated heterocycles. The van der Waals surface area contributed by atoms with Crippen molar-refractivity contribution < 1.29 is 0 Å². The molecule has 0 amide bonds. The Kier molecular flexibility index (Phi) is 3.65. The monoisotopic (exact) mass is 291 g/mol. The average molecular weight is 291 g/mol. The second-order valence-corrected chi connectivity index (χ2v) is 6.78. The third kappa shape index (κ3) is 2.29. The van der Waals surface area contributed by atoms with Crippen LogP contribution in [-0.4, -0.2) is 16.1 Å². The summed E-state index contributed by atoms with van der Waals surface area (Å²) in [5.74, 6) is 0.903. The first-order valence-corrected chi connectivity index (χ1v) is 8.17. The molecule has 1 aliphatic rings. The number of nitrogens with zero attached hydrogens (tertiary/aromatic N) is 2. The smallest absolute Gasteiger partial charge is 0.262 e. The Morgan fingerprint density at radius 3 is 2.80 bits per heavy atom. The normalized spacial score (nSPS) is 15.2. The number of aryl methyl sites for hydroxylation is 2. The van der Waals surface area contributed by atoms with Gasteiger partial charge in [0.25, 0.3) is 5.56 Å². The van der Waals surface area contributed by atoms with Crippen LogP contribution >= 0.6 is 11.3 Å². The van der Waals surface area contributed by atoms with Crippen molar-refractivity contribution >= 4 is 21.6 Å². The average Bonchev–Trinajstić information content (AvgIpc) is 3.18. The molecule has 3 rings (SSSR count). The SMILES string of the molecule is CCCNCc1nc2sc(C)c(C)c2c(=O)n1C1CC1. The van der Waals surface area contributed by atoms with Crippen LogP contribution in [0.3, 0.4) is 0 Å². The lowest BCUT2D eigenvalue weighted by atomic mass is 10.2. The molecule has 0 spiro atoms. The highest BCUT2D eigenvalue weighted by atomic mass is 32.1. The highest BCUT2D eigenvalue weighted by molar-refractivity contribution is 7.18. The van der Waals surface area contributed by atoms with Crippen LogP contribution in [0.4, 0.5) is 0 Å². The van der Waals surface area contributed by atoms with Crippen LogP contribution in [0, 0.1) is 13.8 Å². The minimum Gasteiger partial charge on any atom is -0.310 e. The fourth-order valence-electron chi connectivity index (χ4n) is 2.56. The fraction of sp³-hybridized carbons (Fsp3) is 0.600. The zero-order chi connectivity index (χ0) is 14.3. The van der Waals surface area contributed by atoms with Gasteiger partial charge in [0.1, 0.15) is 10.7 Å². The van der Waals surface area contributed by atoms with Gasteiger partial charge < -0.3 is 5.32 Å². The van der Waals surface area contributed by atoms with Gasteiger partial charge in [-0.1, -0.05) is 6.92 Å². The summed E-state index contributed by atoms with van der Waals surface area (Å²) in [6.07, 6.45) is 3.30. The second kappa shape index (κ2) is 5.30. The molecule has 2 heterocycles. The molecule has 20 heavy (non-hydrogen) atoms. The number of hydrogen-bond donors (Lipinski definition) is 1. The number of thiophene rings is 1. The van der Waals surface area contributed by atoms with Gasteiger partial charge in [0, 0.05) is 10.9 Å². The second-order valence-electron chi connectivity index (χ2n) is 5.57. The van der Waals surface area contributed by atoms with Crippen LogP contribution in [0.1, 0.15) is 48.5 Å². The largest absolute Gasteiger partial charge is 0.310 e. The molecule has 1 fully saturated rings. The topological polar surface area (TPSA) is 46.9 Å². The van der Waals surface area contributed by atoms with Gasteiger partial charge in [-0.15, -0.1) is 11.3 Å². The molecule has 1 aliphatic carbocycles. The predicted molar refractivity (Wildman–Crippen MR) is 83.6 cm³/mol. The van der Waals surface area contributed by atoms with Gasteiger partial charge in [0.05, 0.1) is 11.9 Å². The van der Waals surface area contributed by atoms with E-state index in [0.717, 1.165) is 47.4 Å². The summed E-state index contributed by atoms with van der Waals surface area (Å²) in [5, 5.41) is 4.20. The molecule has 1 saturated carbocycles. The van der Waals surface area contributed by atoms with E-state index in [4.69, 9.17) is 4.98 Å². The molecule has 108 valence electrons. The lowest BCUT2D eigenvalue weighted by Crippen LogP contribution is -2.28. The van der Waals surface area contributed by atoms with E-state index >= 15 is 0 Å². The van der Waals surface area contributed by atoms with E-state index in [0.29, 0.717) is 12.6 Å². The quantitative estimate of drug-likeness (QED) is 0.862. The van der Waals surface area contributed by atoms with E-state index in [1.165, 1.54) is 4.88 Å². The van der Waals surface area contributed by atoms with Gasteiger partial charge in [-0.3, -0.25) is 9.36 Å². The highest BCUT2D eigenvalue weighted by Gasteiger charge is 2.29. The Labute approximate surface area is 122 Å². The summed E-state index contributed by atoms with van der Waals surface area (Å²) in [6.45, 7) is 7.89. The maximum absolute atomic E-state index is 12.8. The molecule has 0 atom stereocenters. The summed E-state index contributed by atoms with van der Waals surface area (Å²) in [5.41, 5.74) is 1.26. The first-order chi connectivity index (χ1) is 9.63. The van der Waals surface area contributed by atoms with Crippen molar-refractivity contribution in [2.75, 3.05) is 6.54 Å². The molecule has 5 heteroatoms. The van der Waals surface area contributed by atoms with Crippen molar-refractivity contribution in [2.45, 2.75) is 52.6 Å². The lowest BCUT2D eigenvalue weighted by molar-refractivity contribution is 0.580. The first kappa shape index (κ1) is 13.8. The van der Waals surface area contributed by atoms with E-state index in [1.54, 1.807) is 11.3 Å². The molecule has 0 radical (unpaired) electrons. The van der Waals surface area contributed by atoms with E-state index in [-0.39, 0.29) is 5.56 Å². The predicted octanol–water partition coefficient (Wildman–Crippen LogP) is 2.91. The molecule has 0 bridgehead atoms. The summed E-state index contributed by atoms with van der Waals surface area (Å²) >= 11 is 1.63. The van der Waals surface area contributed by atoms with Crippen LogP contribution in [0.25, 0.3) is 10.2 Å². The molecular formula is C15H21N3OS. The van der Waals surface area contributed by atoms with Crippen molar-refractivity contribution in [1.82, 2.24) is 14.9 Å². The van der Waals surface area contributed by atoms with Crippen molar-refractivity contribution in [3.05, 3.63) is 26.6 Å². The molecule has 4 nitrogen and oxygen atoms in total. The molecule has 2 aromatic heterocycles. The van der Waals surface area contributed by atoms with Crippen LogP contribution in [0.15, 0.2) is 4.79 Å². The standard InChI is InChI=1S/C15H21N3OS/c1-4-7-16-8-12-17-14-13(9(2)10(3)20-14)15(19)18(12)11-5-6-11/h11,16H,4-8H2,1-3H3. The number of nitrogens with one attached hydrogen (secondary N) is 1. The highest BCUT2D eigenvalue weighted by Crippen LogP contribution is 2.36. The summed E-state index contributed by atoms with van der Waals surface area (Å²) in [7, 11) is 0. The fourth-order valence-corrected chi connectivity index (χ4v) is 3.60. The van der Waals surface area contributed by atoms with Crippen molar-refractivity contribution in [2.24, 2.45) is 0 Å². The molecule has 0 aliphatic heterocycles. The van der Waals surface area contributed by atoms with E-state index in [2.05, 4.69) is 19.2 Å². The Bertz CT molecular complexity index is 697. The van der Waals surface area contributed by atoms with Crippen LogP contribution in [-0.2, 0) is 6.54 Å². The third-order valence-corrected chi connectivity index (χ3v) is 5.03. The number of rotatable bonds is 5. The molecular weight excluding hydrogens is 270 g/mol. The number of hydrogen-bond acceptors (Lipinski definition) is 4. The maximum atomic E-state index is 12.8. The minimum absolute atomic E-state index is 0.160. The van der Waals surface area contributed by atoms with Gasteiger partial charge in [0.2, 0.25) is 0 Å². The van der Waals surface area contributed by atoms with Crippen molar-refractivity contribution in [3.63, 3.8) is 0 Å². The number of aromatic nitrogens is 2. The van der Waals surface area contributed by atoms with E-state index in [1.807, 2.05) is 11.5 Å². The number of fused-ring (bicyclic) bond motifs is 1. The molecule has 2 aromatic rings. The van der Waals surface area contributed by atoms with Crippen molar-refractivity contribution in [3.8, 4) is 0 Å². The van der Waals surface area contributed by atoms with Gasteiger partial charge >= 0.3 is 0 Å². The minimum atomic E-state index is 0.160. The van der Waals surface area contributed by atoms with Gasteiger partial charge in [-0.05, 0) is 45.2 Å². The maximum Gasteiger partial charge on any atom is 0.262 e. The van der Waals surface area contributed by atoms with E-state index in [9.17, 15) is 4.79 Å². The van der Waals surface area contributed by atoms with Gasteiger partial charge in [-0.2, -0.15) is 0 Å². The Morgan fingerprint density at radius 2 is 2.15 bits per heavy atom. The third-order valence-electron chi connectivity index (χ3n) is 3.93. The summed E-state index contributed by atoms with van der Waals surface area (Å²) in [4.78, 5) is 19.7. The Morgan fingerprint density at radius 1 is 1.40 bits per heavy atom. The lowest BCUT2D eigenvalue weighted by Gasteiger charge is -2.12. The van der Waals surface area contributed by atoms with Crippen LogP contribution < -0.4 is 10.9 Å². The van der Waals surface area contributed by atoms with Gasteiger partial charge in [0.15, 0.2) is 0 Å². The molecule has 0 unspecified atom stereocenters. The molecule has 1 N–H and O–H groups in total. The van der Waals surface area contributed by atoms with Crippen LogP contribution in [0.2, 0.25) is 0 Å². The van der Waals surface area contributed by atoms with Gasteiger partial charge in [-0.25, -0.2) is 4.98 Å². The van der Waals surface area contributed by atoms with Crippen LogP contribution in [0.5, 0.6) is 0 Å².